The van der Waals surface area contributed by atoms with Crippen molar-refractivity contribution in [3.05, 3.63) is 28.8 Å². The van der Waals surface area contributed by atoms with Gasteiger partial charge in [0.25, 0.3) is 0 Å². The first-order valence-corrected chi connectivity index (χ1v) is 7.72. The van der Waals surface area contributed by atoms with Crippen LogP contribution in [0.25, 0.3) is 0 Å². The summed E-state index contributed by atoms with van der Waals surface area (Å²) in [5.74, 6) is 0. The van der Waals surface area contributed by atoms with Gasteiger partial charge in [0.1, 0.15) is 0 Å². The average molecular weight is 296 g/mol. The fourth-order valence-corrected chi connectivity index (χ4v) is 3.06. The summed E-state index contributed by atoms with van der Waals surface area (Å²) in [4.78, 5) is 4.93. The first-order valence-electron chi connectivity index (χ1n) is 7.34. The molecule has 0 aromatic heterocycles. The largest absolute Gasteiger partial charge is 0.369 e. The van der Waals surface area contributed by atoms with Crippen molar-refractivity contribution < 1.29 is 0 Å². The molecule has 1 saturated heterocycles. The SMILES string of the molecule is CC(N)c1ccc(N2CCN(C(C)(C)C)CC2)cc1Cl. The second-order valence-corrected chi connectivity index (χ2v) is 7.05. The van der Waals surface area contributed by atoms with E-state index in [9.17, 15) is 0 Å². The maximum absolute atomic E-state index is 6.33. The Morgan fingerprint density at radius 3 is 2.20 bits per heavy atom. The normalized spacial score (nSPS) is 19.2. The van der Waals surface area contributed by atoms with Gasteiger partial charge < -0.3 is 10.6 Å². The van der Waals surface area contributed by atoms with Gasteiger partial charge in [-0.1, -0.05) is 17.7 Å². The maximum Gasteiger partial charge on any atom is 0.0474 e. The van der Waals surface area contributed by atoms with Gasteiger partial charge in [-0.15, -0.1) is 0 Å². The second-order valence-electron chi connectivity index (χ2n) is 6.64. The number of hydrogen-bond donors (Lipinski definition) is 1. The molecule has 0 radical (unpaired) electrons. The van der Waals surface area contributed by atoms with E-state index in [2.05, 4.69) is 42.7 Å². The summed E-state index contributed by atoms with van der Waals surface area (Å²) < 4.78 is 0. The highest BCUT2D eigenvalue weighted by Crippen LogP contribution is 2.28. The number of nitrogens with zero attached hydrogens (tertiary/aromatic N) is 2. The summed E-state index contributed by atoms with van der Waals surface area (Å²) in [6.07, 6.45) is 0. The van der Waals surface area contributed by atoms with E-state index in [1.807, 2.05) is 13.0 Å². The Bertz CT molecular complexity index is 457. The van der Waals surface area contributed by atoms with Crippen LogP contribution < -0.4 is 10.6 Å². The number of halogens is 1. The number of rotatable bonds is 2. The smallest absolute Gasteiger partial charge is 0.0474 e. The molecule has 1 heterocycles. The molecule has 1 aromatic carbocycles. The van der Waals surface area contributed by atoms with Crippen LogP contribution in [0.3, 0.4) is 0 Å². The third kappa shape index (κ3) is 3.46. The van der Waals surface area contributed by atoms with Crippen LogP contribution in [0.15, 0.2) is 18.2 Å². The van der Waals surface area contributed by atoms with Crippen LogP contribution in [0.2, 0.25) is 5.02 Å². The van der Waals surface area contributed by atoms with E-state index in [-0.39, 0.29) is 11.6 Å². The Balaban J connectivity index is 2.06. The van der Waals surface area contributed by atoms with E-state index in [1.165, 1.54) is 5.69 Å². The Labute approximate surface area is 127 Å². The molecule has 0 amide bonds. The molecule has 20 heavy (non-hydrogen) atoms. The van der Waals surface area contributed by atoms with Gasteiger partial charge in [-0.3, -0.25) is 4.90 Å². The standard InChI is InChI=1S/C16H26ClN3/c1-12(18)14-6-5-13(11-15(14)17)19-7-9-20(10-8-19)16(2,3)4/h5-6,11-12H,7-10,18H2,1-4H3. The minimum Gasteiger partial charge on any atom is -0.369 e. The zero-order valence-electron chi connectivity index (χ0n) is 13.0. The third-order valence-corrected chi connectivity index (χ3v) is 4.40. The summed E-state index contributed by atoms with van der Waals surface area (Å²) >= 11 is 6.33. The van der Waals surface area contributed by atoms with Crippen LogP contribution in [0, 0.1) is 0 Å². The molecule has 1 aliphatic heterocycles. The highest BCUT2D eigenvalue weighted by Gasteiger charge is 2.26. The van der Waals surface area contributed by atoms with Crippen molar-refractivity contribution in [1.29, 1.82) is 0 Å². The summed E-state index contributed by atoms with van der Waals surface area (Å²) in [6, 6.07) is 6.22. The molecule has 1 atom stereocenters. The first-order chi connectivity index (χ1) is 9.29. The first kappa shape index (κ1) is 15.6. The number of nitrogens with two attached hydrogens (primary N) is 1. The Morgan fingerprint density at radius 1 is 1.15 bits per heavy atom. The lowest BCUT2D eigenvalue weighted by molar-refractivity contribution is 0.128. The molecule has 1 aliphatic rings. The lowest BCUT2D eigenvalue weighted by Gasteiger charge is -2.43. The summed E-state index contributed by atoms with van der Waals surface area (Å²) in [7, 11) is 0. The molecule has 0 bridgehead atoms. The van der Waals surface area contributed by atoms with Crippen LogP contribution in [-0.2, 0) is 0 Å². The molecule has 4 heteroatoms. The van der Waals surface area contributed by atoms with Crippen LogP contribution in [-0.4, -0.2) is 36.6 Å². The molecular weight excluding hydrogens is 270 g/mol. The van der Waals surface area contributed by atoms with Crippen molar-refractivity contribution >= 4 is 17.3 Å². The van der Waals surface area contributed by atoms with Gasteiger partial charge in [0.2, 0.25) is 0 Å². The van der Waals surface area contributed by atoms with Crippen molar-refractivity contribution in [2.24, 2.45) is 5.73 Å². The number of hydrogen-bond acceptors (Lipinski definition) is 3. The van der Waals surface area contributed by atoms with Crippen LogP contribution in [0.1, 0.15) is 39.3 Å². The zero-order valence-corrected chi connectivity index (χ0v) is 13.7. The van der Waals surface area contributed by atoms with E-state index in [0.29, 0.717) is 0 Å². The topological polar surface area (TPSA) is 32.5 Å². The lowest BCUT2D eigenvalue weighted by atomic mass is 10.0. The van der Waals surface area contributed by atoms with Gasteiger partial charge in [0.15, 0.2) is 0 Å². The quantitative estimate of drug-likeness (QED) is 0.909. The summed E-state index contributed by atoms with van der Waals surface area (Å²) in [5, 5.41) is 0.774. The van der Waals surface area contributed by atoms with Gasteiger partial charge in [-0.05, 0) is 45.4 Å². The Hall–Kier alpha value is -0.770. The molecule has 0 spiro atoms. The summed E-state index contributed by atoms with van der Waals surface area (Å²) in [5.41, 5.74) is 8.38. The Kier molecular flexibility index (Phi) is 4.62. The average Bonchev–Trinajstić information content (AvgIpc) is 2.37. The van der Waals surface area contributed by atoms with Crippen LogP contribution in [0.4, 0.5) is 5.69 Å². The van der Waals surface area contributed by atoms with Gasteiger partial charge in [-0.25, -0.2) is 0 Å². The molecule has 2 N–H and O–H groups in total. The number of piperazine rings is 1. The molecule has 1 fully saturated rings. The molecule has 1 unspecified atom stereocenters. The number of anilines is 1. The molecule has 112 valence electrons. The zero-order chi connectivity index (χ0) is 14.9. The fourth-order valence-electron chi connectivity index (χ4n) is 2.72. The Morgan fingerprint density at radius 2 is 1.75 bits per heavy atom. The fraction of sp³-hybridized carbons (Fsp3) is 0.625. The molecule has 0 aliphatic carbocycles. The molecular formula is C16H26ClN3. The van der Waals surface area contributed by atoms with E-state index >= 15 is 0 Å². The highest BCUT2D eigenvalue weighted by molar-refractivity contribution is 6.31. The van der Waals surface area contributed by atoms with E-state index in [1.54, 1.807) is 0 Å². The van der Waals surface area contributed by atoms with E-state index < -0.39 is 0 Å². The minimum atomic E-state index is -0.0192. The summed E-state index contributed by atoms with van der Waals surface area (Å²) in [6.45, 7) is 13.1. The van der Waals surface area contributed by atoms with Crippen molar-refractivity contribution in [3.8, 4) is 0 Å². The van der Waals surface area contributed by atoms with Crippen molar-refractivity contribution in [3.63, 3.8) is 0 Å². The third-order valence-electron chi connectivity index (χ3n) is 4.07. The van der Waals surface area contributed by atoms with Crippen molar-refractivity contribution in [1.82, 2.24) is 4.90 Å². The predicted octanol–water partition coefficient (Wildman–Crippen LogP) is 3.28. The van der Waals surface area contributed by atoms with E-state index in [0.717, 1.165) is 36.8 Å². The molecule has 3 nitrogen and oxygen atoms in total. The second kappa shape index (κ2) is 5.92. The minimum absolute atomic E-state index is 0.0192. The predicted molar refractivity (Wildman–Crippen MR) is 87.6 cm³/mol. The van der Waals surface area contributed by atoms with Gasteiger partial charge in [0, 0.05) is 48.5 Å². The van der Waals surface area contributed by atoms with Gasteiger partial charge >= 0.3 is 0 Å². The highest BCUT2D eigenvalue weighted by atomic mass is 35.5. The van der Waals surface area contributed by atoms with Crippen LogP contribution in [0.5, 0.6) is 0 Å². The maximum atomic E-state index is 6.33. The number of benzene rings is 1. The molecule has 2 rings (SSSR count). The monoisotopic (exact) mass is 295 g/mol. The molecule has 1 aromatic rings. The van der Waals surface area contributed by atoms with Crippen LogP contribution >= 0.6 is 11.6 Å². The van der Waals surface area contributed by atoms with Gasteiger partial charge in [-0.2, -0.15) is 0 Å². The van der Waals surface area contributed by atoms with Crippen molar-refractivity contribution in [2.75, 3.05) is 31.1 Å². The van der Waals surface area contributed by atoms with Gasteiger partial charge in [0.05, 0.1) is 0 Å². The van der Waals surface area contributed by atoms with E-state index in [4.69, 9.17) is 17.3 Å². The van der Waals surface area contributed by atoms with Crippen molar-refractivity contribution in [2.45, 2.75) is 39.3 Å². The lowest BCUT2D eigenvalue weighted by Crippen LogP contribution is -2.53. The molecule has 0 saturated carbocycles.